The van der Waals surface area contributed by atoms with Gasteiger partial charge in [-0.2, -0.15) is 0 Å². The second-order valence-corrected chi connectivity index (χ2v) is 5.97. The van der Waals surface area contributed by atoms with Crippen molar-refractivity contribution in [1.82, 2.24) is 0 Å². The van der Waals surface area contributed by atoms with Crippen LogP contribution in [0.1, 0.15) is 11.1 Å². The maximum absolute atomic E-state index is 6.00. The molecule has 0 aromatic heterocycles. The third-order valence-electron chi connectivity index (χ3n) is 2.98. The summed E-state index contributed by atoms with van der Waals surface area (Å²) < 4.78 is 0. The first-order valence-corrected chi connectivity index (χ1v) is 7.43. The summed E-state index contributed by atoms with van der Waals surface area (Å²) in [6, 6.07) is 9.49. The lowest BCUT2D eigenvalue weighted by molar-refractivity contribution is 1.39. The molecule has 110 valence electrons. The Balaban J connectivity index is 2.13. The van der Waals surface area contributed by atoms with Crippen LogP contribution in [-0.4, -0.2) is 5.11 Å². The van der Waals surface area contributed by atoms with Gasteiger partial charge < -0.3 is 16.4 Å². The zero-order valence-corrected chi connectivity index (χ0v) is 14.0. The number of nitrogens with two attached hydrogens (primary N) is 1. The number of hydrogen-bond donors (Lipinski definition) is 3. The van der Waals surface area contributed by atoms with Crippen molar-refractivity contribution in [1.29, 1.82) is 0 Å². The molecule has 0 amide bonds. The molecule has 0 unspecified atom stereocenters. The highest BCUT2D eigenvalue weighted by Gasteiger charge is 2.07. The lowest BCUT2D eigenvalue weighted by Gasteiger charge is -2.14. The van der Waals surface area contributed by atoms with Crippen molar-refractivity contribution >= 4 is 57.6 Å². The molecule has 0 aliphatic carbocycles. The van der Waals surface area contributed by atoms with Crippen molar-refractivity contribution in [2.24, 2.45) is 0 Å². The Morgan fingerprint density at radius 2 is 1.67 bits per heavy atom. The van der Waals surface area contributed by atoms with Gasteiger partial charge in [0.1, 0.15) is 0 Å². The summed E-state index contributed by atoms with van der Waals surface area (Å²) in [5, 5.41) is 7.43. The van der Waals surface area contributed by atoms with E-state index in [1.54, 1.807) is 12.1 Å². The topological polar surface area (TPSA) is 50.1 Å². The zero-order valence-electron chi connectivity index (χ0n) is 11.6. The van der Waals surface area contributed by atoms with E-state index in [0.29, 0.717) is 26.5 Å². The number of hydrogen-bond acceptors (Lipinski definition) is 2. The SMILES string of the molecule is Cc1ccc(C)c(NC(=S)Nc2cc(Cl)c(N)c(Cl)c2)c1. The first-order valence-electron chi connectivity index (χ1n) is 6.26. The predicted octanol–water partition coefficient (Wildman–Crippen LogP) is 5.00. The number of anilines is 3. The quantitative estimate of drug-likeness (QED) is 0.532. The van der Waals surface area contributed by atoms with Gasteiger partial charge in [-0.3, -0.25) is 0 Å². The molecule has 0 saturated heterocycles. The number of nitrogen functional groups attached to an aromatic ring is 1. The molecule has 0 aliphatic heterocycles. The van der Waals surface area contributed by atoms with Crippen molar-refractivity contribution < 1.29 is 0 Å². The Bertz CT molecular complexity index is 678. The molecule has 0 bridgehead atoms. The minimum absolute atomic E-state index is 0.359. The van der Waals surface area contributed by atoms with Gasteiger partial charge in [0.15, 0.2) is 5.11 Å². The van der Waals surface area contributed by atoms with Gasteiger partial charge in [0.05, 0.1) is 15.7 Å². The maximum Gasteiger partial charge on any atom is 0.175 e. The van der Waals surface area contributed by atoms with Gasteiger partial charge >= 0.3 is 0 Å². The van der Waals surface area contributed by atoms with E-state index >= 15 is 0 Å². The maximum atomic E-state index is 6.00. The Kier molecular flexibility index (Phi) is 4.93. The zero-order chi connectivity index (χ0) is 15.6. The van der Waals surface area contributed by atoms with E-state index in [4.69, 9.17) is 41.2 Å². The third-order valence-corrected chi connectivity index (χ3v) is 3.81. The summed E-state index contributed by atoms with van der Waals surface area (Å²) in [7, 11) is 0. The van der Waals surface area contributed by atoms with Gasteiger partial charge in [-0.15, -0.1) is 0 Å². The van der Waals surface area contributed by atoms with Gasteiger partial charge in [0, 0.05) is 11.4 Å². The number of rotatable bonds is 2. The van der Waals surface area contributed by atoms with Crippen LogP contribution in [0.3, 0.4) is 0 Å². The highest BCUT2D eigenvalue weighted by molar-refractivity contribution is 7.80. The Morgan fingerprint density at radius 3 is 2.29 bits per heavy atom. The smallest absolute Gasteiger partial charge is 0.175 e. The van der Waals surface area contributed by atoms with Crippen molar-refractivity contribution in [2.45, 2.75) is 13.8 Å². The fraction of sp³-hybridized carbons (Fsp3) is 0.133. The van der Waals surface area contributed by atoms with Crippen LogP contribution >= 0.6 is 35.4 Å². The molecule has 0 heterocycles. The molecule has 0 saturated carbocycles. The van der Waals surface area contributed by atoms with E-state index in [9.17, 15) is 0 Å². The fourth-order valence-electron chi connectivity index (χ4n) is 1.81. The van der Waals surface area contributed by atoms with Gasteiger partial charge in [-0.25, -0.2) is 0 Å². The van der Waals surface area contributed by atoms with E-state index in [2.05, 4.69) is 16.7 Å². The second kappa shape index (κ2) is 6.52. The highest BCUT2D eigenvalue weighted by Crippen LogP contribution is 2.31. The molecule has 0 atom stereocenters. The summed E-state index contributed by atoms with van der Waals surface area (Å²) in [5.74, 6) is 0. The normalized spacial score (nSPS) is 10.3. The van der Waals surface area contributed by atoms with Crippen LogP contribution in [0.15, 0.2) is 30.3 Å². The number of halogens is 2. The summed E-state index contributed by atoms with van der Waals surface area (Å²) in [4.78, 5) is 0. The van der Waals surface area contributed by atoms with Crippen molar-refractivity contribution in [3.8, 4) is 0 Å². The standard InChI is InChI=1S/C15H15Cl2N3S/c1-8-3-4-9(2)13(5-8)20-15(21)19-10-6-11(16)14(18)12(17)7-10/h3-7H,18H2,1-2H3,(H2,19,20,21). The Morgan fingerprint density at radius 1 is 1.05 bits per heavy atom. The third kappa shape index (κ3) is 4.00. The van der Waals surface area contributed by atoms with Crippen LogP contribution in [0.2, 0.25) is 10.0 Å². The number of thiocarbonyl (C=S) groups is 1. The lowest BCUT2D eigenvalue weighted by atomic mass is 10.1. The molecule has 4 N–H and O–H groups in total. The average Bonchev–Trinajstić information content (AvgIpc) is 2.40. The summed E-state index contributed by atoms with van der Waals surface area (Å²) in [6.45, 7) is 4.04. The van der Waals surface area contributed by atoms with Crippen molar-refractivity contribution in [3.05, 3.63) is 51.5 Å². The molecular weight excluding hydrogens is 325 g/mol. The highest BCUT2D eigenvalue weighted by atomic mass is 35.5. The predicted molar refractivity (Wildman–Crippen MR) is 96.6 cm³/mol. The molecule has 0 radical (unpaired) electrons. The van der Waals surface area contributed by atoms with E-state index < -0.39 is 0 Å². The number of benzene rings is 2. The van der Waals surface area contributed by atoms with E-state index in [-0.39, 0.29) is 0 Å². The summed E-state index contributed by atoms with van der Waals surface area (Å²) in [5.41, 5.74) is 9.97. The van der Waals surface area contributed by atoms with E-state index in [1.807, 2.05) is 26.0 Å². The van der Waals surface area contributed by atoms with Crippen molar-refractivity contribution in [3.63, 3.8) is 0 Å². The van der Waals surface area contributed by atoms with E-state index in [1.165, 1.54) is 0 Å². The molecule has 2 aromatic carbocycles. The van der Waals surface area contributed by atoms with Gasteiger partial charge in [0.2, 0.25) is 0 Å². The summed E-state index contributed by atoms with van der Waals surface area (Å²) >= 11 is 17.3. The molecule has 2 aromatic rings. The molecule has 0 spiro atoms. The molecule has 0 aliphatic rings. The minimum atomic E-state index is 0.359. The number of nitrogens with one attached hydrogen (secondary N) is 2. The Hall–Kier alpha value is -1.49. The lowest BCUT2D eigenvalue weighted by Crippen LogP contribution is -2.19. The minimum Gasteiger partial charge on any atom is -0.396 e. The fourth-order valence-corrected chi connectivity index (χ4v) is 2.53. The van der Waals surface area contributed by atoms with E-state index in [0.717, 1.165) is 16.8 Å². The van der Waals surface area contributed by atoms with Crippen LogP contribution in [0, 0.1) is 13.8 Å². The molecular formula is C15H15Cl2N3S. The average molecular weight is 340 g/mol. The first-order chi connectivity index (χ1) is 9.86. The molecule has 0 fully saturated rings. The van der Waals surface area contributed by atoms with Crippen LogP contribution in [-0.2, 0) is 0 Å². The Labute approximate surface area is 139 Å². The van der Waals surface area contributed by atoms with Crippen LogP contribution in [0.5, 0.6) is 0 Å². The monoisotopic (exact) mass is 339 g/mol. The van der Waals surface area contributed by atoms with Crippen LogP contribution in [0.4, 0.5) is 17.1 Å². The van der Waals surface area contributed by atoms with Crippen LogP contribution in [0.25, 0.3) is 0 Å². The van der Waals surface area contributed by atoms with Crippen molar-refractivity contribution in [2.75, 3.05) is 16.4 Å². The number of aryl methyl sites for hydroxylation is 2. The molecule has 21 heavy (non-hydrogen) atoms. The molecule has 2 rings (SSSR count). The first kappa shape index (κ1) is 15.9. The molecule has 6 heteroatoms. The molecule has 3 nitrogen and oxygen atoms in total. The van der Waals surface area contributed by atoms with Gasteiger partial charge in [-0.05, 0) is 55.4 Å². The largest absolute Gasteiger partial charge is 0.396 e. The van der Waals surface area contributed by atoms with Gasteiger partial charge in [-0.1, -0.05) is 35.3 Å². The summed E-state index contributed by atoms with van der Waals surface area (Å²) in [6.07, 6.45) is 0. The van der Waals surface area contributed by atoms with Crippen LogP contribution < -0.4 is 16.4 Å². The second-order valence-electron chi connectivity index (χ2n) is 4.75. The van der Waals surface area contributed by atoms with Gasteiger partial charge in [0.25, 0.3) is 0 Å².